The van der Waals surface area contributed by atoms with Gasteiger partial charge in [0.25, 0.3) is 0 Å². The summed E-state index contributed by atoms with van der Waals surface area (Å²) in [7, 11) is 0. The van der Waals surface area contributed by atoms with Crippen molar-refractivity contribution in [3.05, 3.63) is 0 Å². The minimum absolute atomic E-state index is 0.0158. The van der Waals surface area contributed by atoms with E-state index in [0.717, 1.165) is 25.8 Å². The Morgan fingerprint density at radius 1 is 1.07 bits per heavy atom. The summed E-state index contributed by atoms with van der Waals surface area (Å²) in [5.41, 5.74) is 0. The highest BCUT2D eigenvalue weighted by atomic mass is 16.2. The van der Waals surface area contributed by atoms with Gasteiger partial charge in [-0.3, -0.25) is 4.79 Å². The van der Waals surface area contributed by atoms with Gasteiger partial charge < -0.3 is 5.32 Å². The zero-order valence-electron chi connectivity index (χ0n) is 9.18. The molecule has 0 aliphatic rings. The van der Waals surface area contributed by atoms with Crippen LogP contribution in [0.3, 0.4) is 0 Å². The number of nitrogens with one attached hydrogen (secondary N) is 1. The van der Waals surface area contributed by atoms with Gasteiger partial charge in [0.2, 0.25) is 5.91 Å². The Kier molecular flexibility index (Phi) is 10.1. The lowest BCUT2D eigenvalue weighted by atomic mass is 10.2. The second kappa shape index (κ2) is 10.5. The van der Waals surface area contributed by atoms with E-state index in [-0.39, 0.29) is 12.5 Å². The Morgan fingerprint density at radius 3 is 2.50 bits per heavy atom. The van der Waals surface area contributed by atoms with Crippen LogP contribution >= 0.6 is 0 Å². The molecule has 0 saturated heterocycles. The Hall–Kier alpha value is -0.570. The van der Waals surface area contributed by atoms with Gasteiger partial charge in [0.1, 0.15) is 0 Å². The molecule has 0 aliphatic heterocycles. The standard InChI is InChI=1S/C11H22NO2/c1-2-3-6-9-12-11(14)8-5-4-7-10-13/h2-10H2,1H3,(H,12,14). The highest BCUT2D eigenvalue weighted by molar-refractivity contribution is 5.75. The maximum absolute atomic E-state index is 11.2. The van der Waals surface area contributed by atoms with Crippen LogP contribution in [0.2, 0.25) is 0 Å². The molecule has 0 aromatic rings. The number of carbonyl (C=O) groups excluding carboxylic acids is 1. The van der Waals surface area contributed by atoms with Crippen molar-refractivity contribution in [2.45, 2.75) is 51.9 Å². The molecule has 0 unspecified atom stereocenters. The second-order valence-corrected chi connectivity index (χ2v) is 3.57. The van der Waals surface area contributed by atoms with Gasteiger partial charge in [-0.15, -0.1) is 0 Å². The van der Waals surface area contributed by atoms with Crippen molar-refractivity contribution >= 4 is 5.91 Å². The fraction of sp³-hybridized carbons (Fsp3) is 0.909. The number of unbranched alkanes of at least 4 members (excludes halogenated alkanes) is 4. The first kappa shape index (κ1) is 13.4. The van der Waals surface area contributed by atoms with Crippen LogP contribution in [-0.4, -0.2) is 19.1 Å². The minimum atomic E-state index is -0.0158. The van der Waals surface area contributed by atoms with Crippen LogP contribution in [0.25, 0.3) is 0 Å². The molecule has 0 saturated carbocycles. The summed E-state index contributed by atoms with van der Waals surface area (Å²) >= 11 is 0. The summed E-state index contributed by atoms with van der Waals surface area (Å²) in [4.78, 5) is 11.2. The molecule has 0 fully saturated rings. The Morgan fingerprint density at radius 2 is 1.86 bits per heavy atom. The first-order valence-corrected chi connectivity index (χ1v) is 5.66. The summed E-state index contributed by atoms with van der Waals surface area (Å²) in [6, 6.07) is 0. The molecule has 1 amide bonds. The lowest BCUT2D eigenvalue weighted by molar-refractivity contribution is -0.121. The fourth-order valence-electron chi connectivity index (χ4n) is 1.26. The lowest BCUT2D eigenvalue weighted by Gasteiger charge is -2.03. The van der Waals surface area contributed by atoms with Gasteiger partial charge >= 0.3 is 0 Å². The number of rotatable bonds is 9. The smallest absolute Gasteiger partial charge is 0.219 e. The predicted octanol–water partition coefficient (Wildman–Crippen LogP) is 2.28. The minimum Gasteiger partial charge on any atom is -0.356 e. The molecule has 3 nitrogen and oxygen atoms in total. The van der Waals surface area contributed by atoms with Crippen molar-refractivity contribution in [1.29, 1.82) is 0 Å². The molecule has 0 atom stereocenters. The van der Waals surface area contributed by atoms with Crippen LogP contribution in [0.5, 0.6) is 0 Å². The quantitative estimate of drug-likeness (QED) is 0.570. The number of amides is 1. The number of hydrogen-bond donors (Lipinski definition) is 1. The zero-order valence-corrected chi connectivity index (χ0v) is 9.18. The van der Waals surface area contributed by atoms with Crippen molar-refractivity contribution < 1.29 is 9.90 Å². The van der Waals surface area contributed by atoms with E-state index in [1.165, 1.54) is 12.8 Å². The van der Waals surface area contributed by atoms with E-state index < -0.39 is 0 Å². The molecular formula is C11H22NO2. The highest BCUT2D eigenvalue weighted by Crippen LogP contribution is 1.99. The van der Waals surface area contributed by atoms with Gasteiger partial charge in [-0.2, -0.15) is 0 Å². The maximum Gasteiger partial charge on any atom is 0.219 e. The molecule has 0 rings (SSSR count). The average molecular weight is 200 g/mol. The van der Waals surface area contributed by atoms with E-state index in [4.69, 9.17) is 0 Å². The van der Waals surface area contributed by atoms with Gasteiger partial charge in [0.05, 0.1) is 6.61 Å². The first-order valence-electron chi connectivity index (χ1n) is 5.66. The van der Waals surface area contributed by atoms with E-state index >= 15 is 0 Å². The van der Waals surface area contributed by atoms with Crippen molar-refractivity contribution in [2.75, 3.05) is 13.2 Å². The molecule has 0 spiro atoms. The van der Waals surface area contributed by atoms with Crippen LogP contribution in [0, 0.1) is 0 Å². The van der Waals surface area contributed by atoms with E-state index in [0.29, 0.717) is 12.8 Å². The Bertz CT molecular complexity index is 123. The molecule has 3 heteroatoms. The number of carbonyl (C=O) groups is 1. The van der Waals surface area contributed by atoms with Gasteiger partial charge in [-0.1, -0.05) is 26.2 Å². The van der Waals surface area contributed by atoms with E-state index in [2.05, 4.69) is 12.2 Å². The normalized spacial score (nSPS) is 10.1. The monoisotopic (exact) mass is 200 g/mol. The molecule has 14 heavy (non-hydrogen) atoms. The SMILES string of the molecule is CCCCCNC(=O)CCCCC[O]. The second-order valence-electron chi connectivity index (χ2n) is 3.57. The summed E-state index contributed by atoms with van der Waals surface area (Å²) in [6.45, 7) is 2.93. The number of hydrogen-bond acceptors (Lipinski definition) is 1. The fourth-order valence-corrected chi connectivity index (χ4v) is 1.26. The average Bonchev–Trinajstić information content (AvgIpc) is 2.19. The molecule has 0 aliphatic carbocycles. The molecule has 1 N–H and O–H groups in total. The summed E-state index contributed by atoms with van der Waals surface area (Å²) in [5.74, 6) is 0.131. The van der Waals surface area contributed by atoms with Crippen LogP contribution in [-0.2, 0) is 9.90 Å². The summed E-state index contributed by atoms with van der Waals surface area (Å²) < 4.78 is 0. The zero-order chi connectivity index (χ0) is 10.6. The molecule has 1 radical (unpaired) electrons. The van der Waals surface area contributed by atoms with Crippen LogP contribution in [0.4, 0.5) is 0 Å². The molecule has 0 heterocycles. The van der Waals surface area contributed by atoms with Crippen LogP contribution in [0.1, 0.15) is 51.9 Å². The Balaban J connectivity index is 3.11. The Labute approximate surface area is 86.9 Å². The van der Waals surface area contributed by atoms with E-state index in [1.54, 1.807) is 0 Å². The van der Waals surface area contributed by atoms with Gasteiger partial charge in [-0.05, 0) is 19.3 Å². The third kappa shape index (κ3) is 9.52. The van der Waals surface area contributed by atoms with Crippen molar-refractivity contribution in [2.24, 2.45) is 0 Å². The first-order chi connectivity index (χ1) is 6.81. The topological polar surface area (TPSA) is 49.0 Å². The van der Waals surface area contributed by atoms with Gasteiger partial charge in [-0.25, -0.2) is 5.11 Å². The molecular weight excluding hydrogens is 178 g/mol. The molecule has 0 bridgehead atoms. The third-order valence-corrected chi connectivity index (χ3v) is 2.15. The van der Waals surface area contributed by atoms with Gasteiger partial charge in [0.15, 0.2) is 0 Å². The van der Waals surface area contributed by atoms with Crippen LogP contribution < -0.4 is 5.32 Å². The van der Waals surface area contributed by atoms with Gasteiger partial charge in [0, 0.05) is 13.0 Å². The van der Waals surface area contributed by atoms with Crippen LogP contribution in [0.15, 0.2) is 0 Å². The third-order valence-electron chi connectivity index (χ3n) is 2.15. The van der Waals surface area contributed by atoms with E-state index in [1.807, 2.05) is 0 Å². The molecule has 0 aromatic heterocycles. The van der Waals surface area contributed by atoms with Crippen molar-refractivity contribution in [3.63, 3.8) is 0 Å². The maximum atomic E-state index is 11.2. The molecule has 83 valence electrons. The van der Waals surface area contributed by atoms with Crippen molar-refractivity contribution in [3.8, 4) is 0 Å². The van der Waals surface area contributed by atoms with E-state index in [9.17, 15) is 9.90 Å². The predicted molar refractivity (Wildman–Crippen MR) is 56.6 cm³/mol. The summed E-state index contributed by atoms with van der Waals surface area (Å²) in [5, 5.41) is 13.0. The lowest BCUT2D eigenvalue weighted by Crippen LogP contribution is -2.23. The largest absolute Gasteiger partial charge is 0.356 e. The highest BCUT2D eigenvalue weighted by Gasteiger charge is 1.99. The van der Waals surface area contributed by atoms with Crippen molar-refractivity contribution in [1.82, 2.24) is 5.32 Å². The summed E-state index contributed by atoms with van der Waals surface area (Å²) in [6.07, 6.45) is 6.43. The molecule has 0 aromatic carbocycles.